The van der Waals surface area contributed by atoms with E-state index in [0.29, 0.717) is 30.1 Å². The summed E-state index contributed by atoms with van der Waals surface area (Å²) in [4.78, 5) is 12.4. The Morgan fingerprint density at radius 2 is 2.12 bits per heavy atom. The predicted octanol–water partition coefficient (Wildman–Crippen LogP) is 1.83. The van der Waals surface area contributed by atoms with Gasteiger partial charge in [-0.3, -0.25) is 4.79 Å². The van der Waals surface area contributed by atoms with Gasteiger partial charge in [-0.15, -0.1) is 11.3 Å². The summed E-state index contributed by atoms with van der Waals surface area (Å²) in [5.41, 5.74) is 0. The van der Waals surface area contributed by atoms with Crippen LogP contribution >= 0.6 is 11.3 Å². The molecule has 1 N–H and O–H groups in total. The molecule has 0 saturated carbocycles. The van der Waals surface area contributed by atoms with E-state index in [0.717, 1.165) is 19.4 Å². The molecule has 134 valence electrons. The number of amides is 1. The zero-order valence-corrected chi connectivity index (χ0v) is 15.4. The van der Waals surface area contributed by atoms with Crippen molar-refractivity contribution in [3.8, 4) is 0 Å². The normalized spacial score (nSPS) is 24.8. The summed E-state index contributed by atoms with van der Waals surface area (Å²) in [6.07, 6.45) is 3.26. The van der Waals surface area contributed by atoms with Crippen LogP contribution in [0.15, 0.2) is 21.7 Å². The number of nitrogens with one attached hydrogen (secondary N) is 1. The lowest BCUT2D eigenvalue weighted by molar-refractivity contribution is -0.127. The van der Waals surface area contributed by atoms with Gasteiger partial charge in [-0.25, -0.2) is 8.42 Å². The van der Waals surface area contributed by atoms with Gasteiger partial charge in [0.1, 0.15) is 4.21 Å². The molecule has 8 heteroatoms. The Hall–Kier alpha value is -0.960. The molecule has 1 amide bonds. The first-order chi connectivity index (χ1) is 11.5. The van der Waals surface area contributed by atoms with Crippen molar-refractivity contribution in [1.82, 2.24) is 9.62 Å². The van der Waals surface area contributed by atoms with E-state index in [1.165, 1.54) is 15.6 Å². The van der Waals surface area contributed by atoms with Crippen LogP contribution in [0.1, 0.15) is 32.6 Å². The van der Waals surface area contributed by atoms with Crippen molar-refractivity contribution in [3.63, 3.8) is 0 Å². The Balaban J connectivity index is 1.52. The second-order valence-corrected chi connectivity index (χ2v) is 9.57. The minimum absolute atomic E-state index is 0.00730. The molecule has 2 aliphatic heterocycles. The first-order valence-electron chi connectivity index (χ1n) is 8.44. The van der Waals surface area contributed by atoms with Gasteiger partial charge in [-0.2, -0.15) is 4.31 Å². The number of rotatable bonds is 5. The number of ether oxygens (including phenoxy) is 1. The van der Waals surface area contributed by atoms with Gasteiger partial charge < -0.3 is 10.1 Å². The Bertz CT molecular complexity index is 646. The SMILES string of the molecule is CC(NC(=O)C1CCN(S(=O)(=O)c2cccs2)CC1)C1CCCO1. The van der Waals surface area contributed by atoms with Gasteiger partial charge in [0.25, 0.3) is 10.0 Å². The number of piperidine rings is 1. The quantitative estimate of drug-likeness (QED) is 0.856. The highest BCUT2D eigenvalue weighted by atomic mass is 32.2. The monoisotopic (exact) mass is 372 g/mol. The van der Waals surface area contributed by atoms with E-state index >= 15 is 0 Å². The summed E-state index contributed by atoms with van der Waals surface area (Å²) in [5, 5.41) is 4.81. The van der Waals surface area contributed by atoms with Crippen molar-refractivity contribution >= 4 is 27.3 Å². The third-order valence-corrected chi connectivity index (χ3v) is 8.08. The molecule has 0 aromatic carbocycles. The van der Waals surface area contributed by atoms with Crippen molar-refractivity contribution < 1.29 is 17.9 Å². The van der Waals surface area contributed by atoms with Crippen molar-refractivity contribution in [3.05, 3.63) is 17.5 Å². The molecule has 1 aromatic heterocycles. The molecule has 0 bridgehead atoms. The van der Waals surface area contributed by atoms with Crippen molar-refractivity contribution in [2.75, 3.05) is 19.7 Å². The Morgan fingerprint density at radius 1 is 1.38 bits per heavy atom. The maximum absolute atomic E-state index is 12.5. The number of sulfonamides is 1. The first-order valence-corrected chi connectivity index (χ1v) is 10.8. The highest BCUT2D eigenvalue weighted by molar-refractivity contribution is 7.91. The number of hydrogen-bond donors (Lipinski definition) is 1. The van der Waals surface area contributed by atoms with Gasteiger partial charge in [0.05, 0.1) is 12.1 Å². The maximum atomic E-state index is 12.5. The van der Waals surface area contributed by atoms with Gasteiger partial charge in [0.15, 0.2) is 0 Å². The fourth-order valence-corrected chi connectivity index (χ4v) is 5.94. The highest BCUT2D eigenvalue weighted by Crippen LogP contribution is 2.26. The van der Waals surface area contributed by atoms with Crippen LogP contribution in [0, 0.1) is 5.92 Å². The summed E-state index contributed by atoms with van der Waals surface area (Å²) < 4.78 is 32.5. The van der Waals surface area contributed by atoms with Crippen LogP contribution in [-0.2, 0) is 19.6 Å². The topological polar surface area (TPSA) is 75.7 Å². The molecule has 2 saturated heterocycles. The van der Waals surface area contributed by atoms with E-state index in [1.54, 1.807) is 17.5 Å². The summed E-state index contributed by atoms with van der Waals surface area (Å²) in [6, 6.07) is 3.37. The molecule has 1 aromatic rings. The van der Waals surface area contributed by atoms with Crippen molar-refractivity contribution in [2.24, 2.45) is 5.92 Å². The Kier molecular flexibility index (Phi) is 5.59. The van der Waals surface area contributed by atoms with Gasteiger partial charge in [-0.05, 0) is 44.1 Å². The summed E-state index contributed by atoms with van der Waals surface area (Å²) in [7, 11) is -3.40. The number of carbonyl (C=O) groups excluding carboxylic acids is 1. The molecule has 2 unspecified atom stereocenters. The summed E-state index contributed by atoms with van der Waals surface area (Å²) in [6.45, 7) is 3.54. The van der Waals surface area contributed by atoms with Crippen LogP contribution < -0.4 is 5.32 Å². The van der Waals surface area contributed by atoms with Crippen LogP contribution in [-0.4, -0.2) is 50.5 Å². The number of nitrogens with zero attached hydrogens (tertiary/aromatic N) is 1. The van der Waals surface area contributed by atoms with E-state index in [-0.39, 0.29) is 24.0 Å². The molecule has 0 spiro atoms. The molecule has 2 aliphatic rings. The molecule has 3 heterocycles. The standard InChI is InChI=1S/C16H24N2O4S2/c1-12(14-4-2-10-22-14)17-16(19)13-6-8-18(9-7-13)24(20,21)15-5-3-11-23-15/h3,5,11-14H,2,4,6-10H2,1H3,(H,17,19). The minimum atomic E-state index is -3.40. The Morgan fingerprint density at radius 3 is 2.71 bits per heavy atom. The van der Waals surface area contributed by atoms with E-state index in [9.17, 15) is 13.2 Å². The molecule has 6 nitrogen and oxygen atoms in total. The molecule has 3 rings (SSSR count). The molecule has 0 aliphatic carbocycles. The number of hydrogen-bond acceptors (Lipinski definition) is 5. The van der Waals surface area contributed by atoms with E-state index in [4.69, 9.17) is 4.74 Å². The average molecular weight is 373 g/mol. The van der Waals surface area contributed by atoms with Gasteiger partial charge >= 0.3 is 0 Å². The fraction of sp³-hybridized carbons (Fsp3) is 0.688. The second-order valence-electron chi connectivity index (χ2n) is 6.46. The average Bonchev–Trinajstić information content (AvgIpc) is 3.28. The van der Waals surface area contributed by atoms with Gasteiger partial charge in [-0.1, -0.05) is 6.07 Å². The fourth-order valence-electron chi connectivity index (χ4n) is 3.33. The maximum Gasteiger partial charge on any atom is 0.252 e. The summed E-state index contributed by atoms with van der Waals surface area (Å²) in [5.74, 6) is -0.102. The summed E-state index contributed by atoms with van der Waals surface area (Å²) >= 11 is 1.23. The van der Waals surface area contributed by atoms with Crippen LogP contribution in [0.4, 0.5) is 0 Å². The smallest absolute Gasteiger partial charge is 0.252 e. The zero-order chi connectivity index (χ0) is 17.2. The largest absolute Gasteiger partial charge is 0.376 e. The van der Waals surface area contributed by atoms with E-state index in [1.807, 2.05) is 6.92 Å². The number of thiophene rings is 1. The molecule has 2 atom stereocenters. The molecular formula is C16H24N2O4S2. The lowest BCUT2D eigenvalue weighted by Crippen LogP contribution is -2.47. The van der Waals surface area contributed by atoms with Crippen LogP contribution in [0.3, 0.4) is 0 Å². The van der Waals surface area contributed by atoms with Crippen LogP contribution in [0.2, 0.25) is 0 Å². The second kappa shape index (κ2) is 7.51. The third-order valence-electron chi connectivity index (χ3n) is 4.81. The third kappa shape index (κ3) is 3.82. The van der Waals surface area contributed by atoms with Crippen LogP contribution in [0.25, 0.3) is 0 Å². The van der Waals surface area contributed by atoms with E-state index < -0.39 is 10.0 Å². The predicted molar refractivity (Wildman–Crippen MR) is 92.4 cm³/mol. The Labute approximate surface area is 147 Å². The minimum Gasteiger partial charge on any atom is -0.376 e. The molecule has 0 radical (unpaired) electrons. The number of carbonyl (C=O) groups is 1. The van der Waals surface area contributed by atoms with Gasteiger partial charge in [0.2, 0.25) is 5.91 Å². The first kappa shape index (κ1) is 17.8. The molecule has 2 fully saturated rings. The zero-order valence-electron chi connectivity index (χ0n) is 13.8. The van der Waals surface area contributed by atoms with E-state index in [2.05, 4.69) is 5.32 Å². The highest BCUT2D eigenvalue weighted by Gasteiger charge is 2.33. The molecule has 24 heavy (non-hydrogen) atoms. The van der Waals surface area contributed by atoms with Gasteiger partial charge in [0, 0.05) is 25.6 Å². The van der Waals surface area contributed by atoms with Crippen molar-refractivity contribution in [2.45, 2.75) is 49.0 Å². The lowest BCUT2D eigenvalue weighted by atomic mass is 9.96. The van der Waals surface area contributed by atoms with Crippen LogP contribution in [0.5, 0.6) is 0 Å². The lowest BCUT2D eigenvalue weighted by Gasteiger charge is -2.31. The molecular weight excluding hydrogens is 348 g/mol. The van der Waals surface area contributed by atoms with Crippen molar-refractivity contribution in [1.29, 1.82) is 0 Å².